The Morgan fingerprint density at radius 2 is 1.55 bits per heavy atom. The first-order chi connectivity index (χ1) is 21.3. The molecule has 6 rings (SSSR count). The molecule has 2 aromatic rings. The number of piperidine rings is 2. The van der Waals surface area contributed by atoms with Crippen molar-refractivity contribution in [2.24, 2.45) is 5.92 Å². The van der Waals surface area contributed by atoms with Gasteiger partial charge in [-0.1, -0.05) is 0 Å². The molecular weight excluding hydrogens is 570 g/mol. The maximum Gasteiger partial charge on any atom is 0.309 e. The number of nitrogens with zero attached hydrogens (tertiary/aromatic N) is 3. The average molecular weight is 608 g/mol. The molecule has 4 aliphatic heterocycles. The first-order valence-corrected chi connectivity index (χ1v) is 15.1. The van der Waals surface area contributed by atoms with E-state index >= 15 is 0 Å². The lowest BCUT2D eigenvalue weighted by atomic mass is 9.94. The molecule has 12 nitrogen and oxygen atoms in total. The van der Waals surface area contributed by atoms with Crippen LogP contribution in [0.2, 0.25) is 0 Å². The maximum atomic E-state index is 14.1. The van der Waals surface area contributed by atoms with Gasteiger partial charge in [-0.2, -0.15) is 0 Å². The Morgan fingerprint density at radius 1 is 0.864 bits per heavy atom. The summed E-state index contributed by atoms with van der Waals surface area (Å²) in [6.07, 6.45) is 1.71. The highest BCUT2D eigenvalue weighted by molar-refractivity contribution is 5.99. The Balaban J connectivity index is 1.20. The van der Waals surface area contributed by atoms with Crippen molar-refractivity contribution < 1.29 is 42.9 Å². The van der Waals surface area contributed by atoms with Crippen LogP contribution in [0.5, 0.6) is 17.2 Å². The highest BCUT2D eigenvalue weighted by atomic mass is 16.7. The normalized spacial score (nSPS) is 21.0. The van der Waals surface area contributed by atoms with Crippen molar-refractivity contribution in [3.63, 3.8) is 0 Å². The van der Waals surface area contributed by atoms with Gasteiger partial charge in [0.25, 0.3) is 11.8 Å². The molecule has 1 spiro atoms. The van der Waals surface area contributed by atoms with Gasteiger partial charge in [0.2, 0.25) is 12.7 Å². The molecule has 0 aliphatic carbocycles. The van der Waals surface area contributed by atoms with Crippen LogP contribution in [-0.4, -0.2) is 103 Å². The van der Waals surface area contributed by atoms with Crippen molar-refractivity contribution in [1.82, 2.24) is 14.7 Å². The van der Waals surface area contributed by atoms with Crippen LogP contribution >= 0.6 is 0 Å². The van der Waals surface area contributed by atoms with E-state index in [1.165, 1.54) is 0 Å². The second-order valence-corrected chi connectivity index (χ2v) is 11.4. The van der Waals surface area contributed by atoms with Crippen LogP contribution < -0.4 is 14.2 Å². The molecule has 2 aromatic carbocycles. The smallest absolute Gasteiger partial charge is 0.309 e. The lowest BCUT2D eigenvalue weighted by Crippen LogP contribution is -2.60. The maximum absolute atomic E-state index is 14.1. The minimum atomic E-state index is -1.05. The number of amides is 3. The van der Waals surface area contributed by atoms with Gasteiger partial charge in [0, 0.05) is 50.1 Å². The van der Waals surface area contributed by atoms with E-state index in [1.54, 1.807) is 71.2 Å². The van der Waals surface area contributed by atoms with E-state index in [-0.39, 0.29) is 43.0 Å². The monoisotopic (exact) mass is 607 g/mol. The number of carbonyl (C=O) groups excluding carboxylic acids is 4. The van der Waals surface area contributed by atoms with Crippen molar-refractivity contribution in [2.75, 3.05) is 53.3 Å². The van der Waals surface area contributed by atoms with Gasteiger partial charge < -0.3 is 33.5 Å². The fraction of sp³-hybridized carbons (Fsp3) is 0.500. The zero-order valence-electron chi connectivity index (χ0n) is 25.0. The Kier molecular flexibility index (Phi) is 8.35. The molecule has 0 saturated carbocycles. The molecule has 3 amide bonds. The van der Waals surface area contributed by atoms with E-state index in [2.05, 4.69) is 0 Å². The molecule has 12 heteroatoms. The summed E-state index contributed by atoms with van der Waals surface area (Å²) in [5, 5.41) is 0. The van der Waals surface area contributed by atoms with Gasteiger partial charge in [0.1, 0.15) is 17.5 Å². The van der Waals surface area contributed by atoms with Crippen LogP contribution in [0.4, 0.5) is 0 Å². The number of hydrogen-bond acceptors (Lipinski definition) is 9. The predicted octanol–water partition coefficient (Wildman–Crippen LogP) is 2.70. The molecule has 3 saturated heterocycles. The third-order valence-corrected chi connectivity index (χ3v) is 8.98. The number of ether oxygens (including phenoxy) is 5. The van der Waals surface area contributed by atoms with E-state index in [1.807, 2.05) is 0 Å². The molecule has 0 N–H and O–H groups in total. The number of methoxy groups -OCH3 is 1. The highest BCUT2D eigenvalue weighted by Gasteiger charge is 2.55. The number of likely N-dealkylation sites (tertiary alicyclic amines) is 2. The molecule has 4 aliphatic rings. The fourth-order valence-electron chi connectivity index (χ4n) is 6.51. The summed E-state index contributed by atoms with van der Waals surface area (Å²) in [5.41, 5.74) is -0.150. The van der Waals surface area contributed by atoms with E-state index in [9.17, 15) is 19.2 Å². The first-order valence-electron chi connectivity index (χ1n) is 15.1. The molecular formula is C32H37N3O9. The zero-order valence-corrected chi connectivity index (χ0v) is 25.0. The quantitative estimate of drug-likeness (QED) is 0.456. The summed E-state index contributed by atoms with van der Waals surface area (Å²) in [6, 6.07) is 11.1. The second-order valence-electron chi connectivity index (χ2n) is 11.4. The number of benzene rings is 2. The summed E-state index contributed by atoms with van der Waals surface area (Å²) in [7, 11) is 1.55. The van der Waals surface area contributed by atoms with Gasteiger partial charge >= 0.3 is 5.97 Å². The molecule has 0 radical (unpaired) electrons. The molecule has 0 bridgehead atoms. The minimum Gasteiger partial charge on any atom is -0.497 e. The van der Waals surface area contributed by atoms with E-state index in [0.717, 1.165) is 0 Å². The van der Waals surface area contributed by atoms with Crippen molar-refractivity contribution in [3.8, 4) is 17.2 Å². The van der Waals surface area contributed by atoms with Crippen LogP contribution in [0.25, 0.3) is 0 Å². The Bertz CT molecular complexity index is 1410. The van der Waals surface area contributed by atoms with E-state index in [0.29, 0.717) is 86.8 Å². The van der Waals surface area contributed by atoms with E-state index < -0.39 is 11.8 Å². The van der Waals surface area contributed by atoms with Crippen LogP contribution in [0.1, 0.15) is 53.3 Å². The predicted molar refractivity (Wildman–Crippen MR) is 155 cm³/mol. The summed E-state index contributed by atoms with van der Waals surface area (Å²) in [6.45, 7) is 3.74. The summed E-state index contributed by atoms with van der Waals surface area (Å²) >= 11 is 0. The number of esters is 1. The van der Waals surface area contributed by atoms with Crippen LogP contribution in [-0.2, 0) is 19.1 Å². The standard InChI is InChI=1S/C32H37N3O9/c1-3-41-31(39)22-10-14-33(15-11-22)30(38)25-19-44-32(35(25)29(37)21-4-7-24(40-2)8-5-21)12-16-34(17-13-32)28(36)23-6-9-26-27(18-23)43-20-42-26/h4-9,18,22,25H,3,10-17,19-20H2,1-2H3/t25-/m0/s1. The molecule has 4 heterocycles. The van der Waals surface area contributed by atoms with Gasteiger partial charge in [-0.3, -0.25) is 24.1 Å². The summed E-state index contributed by atoms with van der Waals surface area (Å²) in [4.78, 5) is 58.8. The largest absolute Gasteiger partial charge is 0.497 e. The van der Waals surface area contributed by atoms with Crippen molar-refractivity contribution in [1.29, 1.82) is 0 Å². The second kappa shape index (κ2) is 12.4. The molecule has 3 fully saturated rings. The van der Waals surface area contributed by atoms with Crippen molar-refractivity contribution in [2.45, 2.75) is 44.4 Å². The molecule has 234 valence electrons. The Hall–Kier alpha value is -4.32. The summed E-state index contributed by atoms with van der Waals surface area (Å²) < 4.78 is 27.6. The highest BCUT2D eigenvalue weighted by Crippen LogP contribution is 2.40. The number of rotatable bonds is 6. The molecule has 1 atom stereocenters. The number of hydrogen-bond donors (Lipinski definition) is 0. The van der Waals surface area contributed by atoms with Gasteiger partial charge in [0.05, 0.1) is 26.2 Å². The molecule has 44 heavy (non-hydrogen) atoms. The Labute approximate surface area is 255 Å². The van der Waals surface area contributed by atoms with Crippen LogP contribution in [0, 0.1) is 5.92 Å². The number of carbonyl (C=O) groups is 4. The Morgan fingerprint density at radius 3 is 2.23 bits per heavy atom. The molecule has 0 aromatic heterocycles. The fourth-order valence-corrected chi connectivity index (χ4v) is 6.51. The SMILES string of the molecule is CCOC(=O)C1CCN(C(=O)[C@@H]2COC3(CCN(C(=O)c4ccc5c(c4)OCO5)CC3)N2C(=O)c2ccc(OC)cc2)CC1. The average Bonchev–Trinajstić information content (AvgIpc) is 3.69. The molecule has 0 unspecified atom stereocenters. The topological polar surface area (TPSA) is 124 Å². The van der Waals surface area contributed by atoms with Gasteiger partial charge in [-0.05, 0) is 62.2 Å². The van der Waals surface area contributed by atoms with Gasteiger partial charge in [-0.25, -0.2) is 0 Å². The third kappa shape index (κ3) is 5.54. The lowest BCUT2D eigenvalue weighted by molar-refractivity contribution is -0.152. The van der Waals surface area contributed by atoms with Crippen molar-refractivity contribution in [3.05, 3.63) is 53.6 Å². The van der Waals surface area contributed by atoms with Gasteiger partial charge in [-0.15, -0.1) is 0 Å². The zero-order chi connectivity index (χ0) is 30.8. The van der Waals surface area contributed by atoms with Gasteiger partial charge in [0.15, 0.2) is 11.5 Å². The van der Waals surface area contributed by atoms with Crippen molar-refractivity contribution >= 4 is 23.7 Å². The van der Waals surface area contributed by atoms with Crippen LogP contribution in [0.3, 0.4) is 0 Å². The summed E-state index contributed by atoms with van der Waals surface area (Å²) in [5.74, 6) is 0.599. The van der Waals surface area contributed by atoms with E-state index in [4.69, 9.17) is 23.7 Å². The number of fused-ring (bicyclic) bond motifs is 1. The van der Waals surface area contributed by atoms with Crippen LogP contribution in [0.15, 0.2) is 42.5 Å². The minimum absolute atomic E-state index is 0.0502. The lowest BCUT2D eigenvalue weighted by Gasteiger charge is -2.45. The third-order valence-electron chi connectivity index (χ3n) is 8.98. The first kappa shape index (κ1) is 29.7.